The molecular formula is C20H33N3O12. The highest BCUT2D eigenvalue weighted by Gasteiger charge is 1.89. The number of unbranched alkanes of at least 4 members (excludes halogenated alkanes) is 1. The van der Waals surface area contributed by atoms with Crippen LogP contribution in [0, 0.1) is 0 Å². The fourth-order valence-corrected chi connectivity index (χ4v) is 1.33. The Morgan fingerprint density at radius 1 is 0.543 bits per heavy atom. The van der Waals surface area contributed by atoms with Gasteiger partial charge in [-0.2, -0.15) is 0 Å². The van der Waals surface area contributed by atoms with E-state index in [0.29, 0.717) is 36.5 Å². The molecule has 0 radical (unpaired) electrons. The molecule has 35 heavy (non-hydrogen) atoms. The van der Waals surface area contributed by atoms with Gasteiger partial charge in [-0.3, -0.25) is 0 Å². The lowest BCUT2D eigenvalue weighted by molar-refractivity contribution is -0.134. The van der Waals surface area contributed by atoms with Gasteiger partial charge in [0.15, 0.2) is 0 Å². The molecule has 0 heterocycles. The van der Waals surface area contributed by atoms with Crippen LogP contribution in [0.2, 0.25) is 0 Å². The van der Waals surface area contributed by atoms with Gasteiger partial charge in [-0.1, -0.05) is 0 Å². The number of rotatable bonds is 14. The van der Waals surface area contributed by atoms with Crippen molar-refractivity contribution in [2.75, 3.05) is 33.2 Å². The molecule has 0 aliphatic heterocycles. The quantitative estimate of drug-likeness (QED) is 0.101. The van der Waals surface area contributed by atoms with Crippen molar-refractivity contribution in [1.82, 2.24) is 10.6 Å². The van der Waals surface area contributed by atoms with E-state index in [1.165, 1.54) is 12.8 Å². The predicted molar refractivity (Wildman–Crippen MR) is 123 cm³/mol. The van der Waals surface area contributed by atoms with Gasteiger partial charge in [-0.05, 0) is 52.5 Å². The summed E-state index contributed by atoms with van der Waals surface area (Å²) < 4.78 is 0. The first kappa shape index (κ1) is 38.2. The van der Waals surface area contributed by atoms with E-state index in [4.69, 9.17) is 36.4 Å². The average Bonchev–Trinajstić information content (AvgIpc) is 2.75. The van der Waals surface area contributed by atoms with Crippen molar-refractivity contribution < 1.29 is 59.4 Å². The number of hydrogen-bond acceptors (Lipinski definition) is 9. The fraction of sp³-hybridized carbons (Fsp3) is 0.400. The molecule has 0 fully saturated rings. The molecule has 0 amide bonds. The molecule has 0 rings (SSSR count). The first-order chi connectivity index (χ1) is 16.3. The third kappa shape index (κ3) is 65.2. The monoisotopic (exact) mass is 507 g/mol. The van der Waals surface area contributed by atoms with Crippen molar-refractivity contribution in [2.45, 2.75) is 19.3 Å². The second kappa shape index (κ2) is 29.9. The molecule has 0 aliphatic carbocycles. The molecule has 200 valence electrons. The Morgan fingerprint density at radius 3 is 1.03 bits per heavy atom. The lowest BCUT2D eigenvalue weighted by atomic mass is 10.3. The van der Waals surface area contributed by atoms with Crippen molar-refractivity contribution in [3.05, 3.63) is 36.5 Å². The summed E-state index contributed by atoms with van der Waals surface area (Å²) in [6.07, 6.45) is 6.95. The van der Waals surface area contributed by atoms with E-state index in [9.17, 15) is 28.8 Å². The predicted octanol–water partition coefficient (Wildman–Crippen LogP) is -0.940. The summed E-state index contributed by atoms with van der Waals surface area (Å²) in [5.74, 6) is -7.54. The maximum atomic E-state index is 9.55. The molecule has 10 N–H and O–H groups in total. The lowest BCUT2D eigenvalue weighted by Gasteiger charge is -2.02. The Labute approximate surface area is 201 Å². The molecule has 15 nitrogen and oxygen atoms in total. The van der Waals surface area contributed by atoms with Crippen LogP contribution in [-0.2, 0) is 28.8 Å². The molecule has 0 aromatic heterocycles. The third-order valence-corrected chi connectivity index (χ3v) is 2.69. The van der Waals surface area contributed by atoms with E-state index in [-0.39, 0.29) is 0 Å². The topological polar surface area (TPSA) is 274 Å². The molecule has 0 saturated carbocycles. The van der Waals surface area contributed by atoms with Crippen LogP contribution < -0.4 is 16.4 Å². The second-order valence-corrected chi connectivity index (χ2v) is 5.73. The minimum atomic E-state index is -1.26. The Morgan fingerprint density at radius 2 is 0.800 bits per heavy atom. The third-order valence-electron chi connectivity index (χ3n) is 2.69. The van der Waals surface area contributed by atoms with Crippen molar-refractivity contribution in [2.24, 2.45) is 5.73 Å². The van der Waals surface area contributed by atoms with Crippen LogP contribution in [-0.4, -0.2) is 99.7 Å². The van der Waals surface area contributed by atoms with Crippen LogP contribution in [0.1, 0.15) is 19.3 Å². The van der Waals surface area contributed by atoms with Gasteiger partial charge in [0.05, 0.1) is 0 Å². The largest absolute Gasteiger partial charge is 0.478 e. The summed E-state index contributed by atoms with van der Waals surface area (Å²) in [6.45, 7) is 4.11. The van der Waals surface area contributed by atoms with E-state index in [1.54, 1.807) is 0 Å². The highest BCUT2D eigenvalue weighted by Crippen LogP contribution is 1.83. The lowest BCUT2D eigenvalue weighted by Crippen LogP contribution is -2.20. The molecule has 0 aromatic carbocycles. The van der Waals surface area contributed by atoms with Crippen LogP contribution in [0.4, 0.5) is 0 Å². The number of nitrogens with one attached hydrogen (secondary N) is 2. The molecule has 0 aliphatic rings. The van der Waals surface area contributed by atoms with Gasteiger partial charge in [0.25, 0.3) is 0 Å². The zero-order chi connectivity index (χ0) is 28.1. The van der Waals surface area contributed by atoms with E-state index in [0.717, 1.165) is 32.6 Å². The van der Waals surface area contributed by atoms with Gasteiger partial charge >= 0.3 is 35.8 Å². The number of carboxylic acid groups (broad SMARTS) is 6. The van der Waals surface area contributed by atoms with Crippen LogP contribution in [0.15, 0.2) is 36.5 Å². The smallest absolute Gasteiger partial charge is 0.328 e. The van der Waals surface area contributed by atoms with Crippen molar-refractivity contribution in [3.8, 4) is 0 Å². The Balaban J connectivity index is -0.000000185. The molecule has 0 saturated heterocycles. The molecule has 0 aromatic rings. The molecule has 15 heteroatoms. The van der Waals surface area contributed by atoms with Gasteiger partial charge in [-0.25, -0.2) is 28.8 Å². The van der Waals surface area contributed by atoms with Gasteiger partial charge in [0.1, 0.15) is 0 Å². The zero-order valence-corrected chi connectivity index (χ0v) is 19.1. The molecule has 0 atom stereocenters. The van der Waals surface area contributed by atoms with E-state index < -0.39 is 35.8 Å². The van der Waals surface area contributed by atoms with Crippen LogP contribution >= 0.6 is 0 Å². The SMILES string of the molecule is CNCCCCNCCCN.O=C(O)C=CC(=O)O.O=C(O)C=CC(=O)O.O=C(O)C=CC(=O)O. The van der Waals surface area contributed by atoms with Crippen molar-refractivity contribution in [1.29, 1.82) is 0 Å². The normalized spacial score (nSPS) is 9.77. The van der Waals surface area contributed by atoms with Gasteiger partial charge in [0, 0.05) is 36.5 Å². The number of carbonyl (C=O) groups is 6. The van der Waals surface area contributed by atoms with Crippen LogP contribution in [0.5, 0.6) is 0 Å². The summed E-state index contributed by atoms with van der Waals surface area (Å²) in [6, 6.07) is 0. The van der Waals surface area contributed by atoms with Crippen molar-refractivity contribution in [3.63, 3.8) is 0 Å². The number of nitrogens with two attached hydrogens (primary N) is 1. The first-order valence-electron chi connectivity index (χ1n) is 9.77. The van der Waals surface area contributed by atoms with Crippen LogP contribution in [0.3, 0.4) is 0 Å². The minimum absolute atomic E-state index is 0.558. The number of hydrogen-bond donors (Lipinski definition) is 9. The number of carboxylic acids is 6. The van der Waals surface area contributed by atoms with Crippen molar-refractivity contribution >= 4 is 35.8 Å². The minimum Gasteiger partial charge on any atom is -0.478 e. The maximum Gasteiger partial charge on any atom is 0.328 e. The zero-order valence-electron chi connectivity index (χ0n) is 19.1. The summed E-state index contributed by atoms with van der Waals surface area (Å²) in [5, 5.41) is 53.3. The molecular weight excluding hydrogens is 474 g/mol. The summed E-state index contributed by atoms with van der Waals surface area (Å²) >= 11 is 0. The van der Waals surface area contributed by atoms with Gasteiger partial charge in [0.2, 0.25) is 0 Å². The van der Waals surface area contributed by atoms with E-state index in [2.05, 4.69) is 10.6 Å². The highest BCUT2D eigenvalue weighted by atomic mass is 16.4. The molecule has 0 spiro atoms. The van der Waals surface area contributed by atoms with Crippen LogP contribution in [0.25, 0.3) is 0 Å². The Hall–Kier alpha value is -4.08. The maximum absolute atomic E-state index is 9.55. The summed E-state index contributed by atoms with van der Waals surface area (Å²) in [4.78, 5) is 57.3. The van der Waals surface area contributed by atoms with Gasteiger partial charge in [-0.15, -0.1) is 0 Å². The second-order valence-electron chi connectivity index (χ2n) is 5.73. The summed E-state index contributed by atoms with van der Waals surface area (Å²) in [5.41, 5.74) is 5.34. The average molecular weight is 507 g/mol. The standard InChI is InChI=1S/C8H21N3.3C4H4O4/c1-10-6-2-3-7-11-8-4-5-9;3*5-3(6)1-2-4(7)8/h10-11H,2-9H2,1H3;3*1-2H,(H,5,6)(H,7,8). The molecule has 0 bridgehead atoms. The Bertz CT molecular complexity index is 581. The number of aliphatic carboxylic acids is 6. The fourth-order valence-electron chi connectivity index (χ4n) is 1.33. The van der Waals surface area contributed by atoms with E-state index in [1.807, 2.05) is 7.05 Å². The summed E-state index contributed by atoms with van der Waals surface area (Å²) in [7, 11) is 1.99. The molecule has 0 unspecified atom stereocenters. The van der Waals surface area contributed by atoms with Gasteiger partial charge < -0.3 is 47.0 Å². The highest BCUT2D eigenvalue weighted by molar-refractivity contribution is 5.90. The Kier molecular flexibility index (Phi) is 32.7. The first-order valence-corrected chi connectivity index (χ1v) is 9.77. The van der Waals surface area contributed by atoms with E-state index >= 15 is 0 Å².